The smallest absolute Gasteiger partial charge is 0.234 e. The molecule has 38 heavy (non-hydrogen) atoms. The molecule has 1 saturated carbocycles. The zero-order valence-electron chi connectivity index (χ0n) is 20.9. The average molecular weight is 503 g/mol. The summed E-state index contributed by atoms with van der Waals surface area (Å²) in [5, 5.41) is 2.92. The van der Waals surface area contributed by atoms with Gasteiger partial charge in [-0.05, 0) is 59.6 Å². The van der Waals surface area contributed by atoms with E-state index in [-0.39, 0.29) is 53.6 Å². The highest BCUT2D eigenvalue weighted by Gasteiger charge is 2.60. The number of aryl methyl sites for hydroxylation is 1. The first-order chi connectivity index (χ1) is 18.4. The van der Waals surface area contributed by atoms with Gasteiger partial charge in [-0.1, -0.05) is 66.7 Å². The number of hydrogen-bond donors (Lipinski definition) is 1. The normalized spacial score (nSPS) is 25.0. The largest absolute Gasteiger partial charge is 0.326 e. The third-order valence-corrected chi connectivity index (χ3v) is 8.75. The first-order valence-corrected chi connectivity index (χ1v) is 13.1. The maximum Gasteiger partial charge on any atom is 0.234 e. The fourth-order valence-electron chi connectivity index (χ4n) is 7.03. The van der Waals surface area contributed by atoms with Crippen LogP contribution in [0, 0.1) is 30.6 Å². The molecular formula is C32H26N2O4. The number of carbonyl (C=O) groups is 4. The van der Waals surface area contributed by atoms with E-state index in [1.807, 2.05) is 61.5 Å². The van der Waals surface area contributed by atoms with Gasteiger partial charge in [0.15, 0.2) is 5.78 Å². The zero-order chi connectivity index (χ0) is 26.1. The number of rotatable bonds is 5. The van der Waals surface area contributed by atoms with Crippen molar-refractivity contribution in [3.05, 3.63) is 101 Å². The Labute approximate surface area is 220 Å². The van der Waals surface area contributed by atoms with Gasteiger partial charge in [-0.15, -0.1) is 0 Å². The molecule has 0 radical (unpaired) electrons. The third kappa shape index (κ3) is 3.26. The maximum atomic E-state index is 13.6. The molecule has 3 aliphatic carbocycles. The van der Waals surface area contributed by atoms with Crippen molar-refractivity contribution < 1.29 is 19.2 Å². The average Bonchev–Trinajstić information content (AvgIpc) is 3.66. The lowest BCUT2D eigenvalue weighted by molar-refractivity contribution is -0.144. The number of anilines is 1. The Kier molecular flexibility index (Phi) is 5.02. The molecule has 7 rings (SSSR count). The molecule has 6 heteroatoms. The summed E-state index contributed by atoms with van der Waals surface area (Å²) in [6, 6.07) is 19.7. The van der Waals surface area contributed by atoms with Crippen LogP contribution in [-0.4, -0.2) is 28.4 Å². The topological polar surface area (TPSA) is 83.6 Å². The van der Waals surface area contributed by atoms with Gasteiger partial charge in [0.1, 0.15) is 0 Å². The highest BCUT2D eigenvalue weighted by molar-refractivity contribution is 6.22. The van der Waals surface area contributed by atoms with Crippen molar-refractivity contribution in [2.75, 3.05) is 5.32 Å². The van der Waals surface area contributed by atoms with E-state index in [2.05, 4.69) is 17.5 Å². The number of fused-ring (bicyclic) bond motifs is 8. The number of nitrogens with one attached hydrogen (secondary N) is 1. The van der Waals surface area contributed by atoms with E-state index < -0.39 is 6.04 Å². The van der Waals surface area contributed by atoms with Crippen LogP contribution < -0.4 is 5.32 Å². The van der Waals surface area contributed by atoms with Crippen LogP contribution in [0.3, 0.4) is 0 Å². The van der Waals surface area contributed by atoms with E-state index in [0.717, 1.165) is 28.7 Å². The van der Waals surface area contributed by atoms with Crippen molar-refractivity contribution in [3.63, 3.8) is 0 Å². The number of likely N-dealkylation sites (tertiary alicyclic amines) is 1. The fraction of sp³-hybridized carbons (Fsp3) is 0.250. The molecule has 6 nitrogen and oxygen atoms in total. The van der Waals surface area contributed by atoms with Crippen molar-refractivity contribution in [3.8, 4) is 11.1 Å². The van der Waals surface area contributed by atoms with Crippen LogP contribution in [0.4, 0.5) is 5.69 Å². The van der Waals surface area contributed by atoms with Crippen molar-refractivity contribution in [1.29, 1.82) is 0 Å². The molecule has 188 valence electrons. The van der Waals surface area contributed by atoms with Crippen LogP contribution in [0.25, 0.3) is 11.1 Å². The van der Waals surface area contributed by atoms with E-state index in [0.29, 0.717) is 16.8 Å². The minimum Gasteiger partial charge on any atom is -0.326 e. The van der Waals surface area contributed by atoms with Crippen LogP contribution in [0.5, 0.6) is 0 Å². The predicted octanol–water partition coefficient (Wildman–Crippen LogP) is 5.08. The molecule has 5 atom stereocenters. The number of ketones is 1. The van der Waals surface area contributed by atoms with Crippen molar-refractivity contribution in [1.82, 2.24) is 4.90 Å². The lowest BCUT2D eigenvalue weighted by Gasteiger charge is -2.29. The van der Waals surface area contributed by atoms with E-state index in [1.165, 1.54) is 4.90 Å². The molecule has 2 fully saturated rings. The number of carbonyl (C=O) groups excluding carboxylic acids is 4. The van der Waals surface area contributed by atoms with E-state index in [9.17, 15) is 19.2 Å². The second kappa shape index (κ2) is 8.35. The SMILES string of the molecule is Cc1ccccc1C(CC(=O)Nc1ccc2c(c1)C(=O)c1ccccc1-2)N1C(=O)C2C3C=CC(C3)C2C1=O. The zero-order valence-corrected chi connectivity index (χ0v) is 20.9. The molecule has 3 amide bonds. The van der Waals surface area contributed by atoms with Gasteiger partial charge in [0.2, 0.25) is 17.7 Å². The van der Waals surface area contributed by atoms with Gasteiger partial charge in [0.25, 0.3) is 0 Å². The summed E-state index contributed by atoms with van der Waals surface area (Å²) in [6.45, 7) is 1.93. The van der Waals surface area contributed by atoms with Crippen molar-refractivity contribution >= 4 is 29.2 Å². The Morgan fingerprint density at radius 1 is 0.842 bits per heavy atom. The van der Waals surface area contributed by atoms with Gasteiger partial charge in [-0.3, -0.25) is 24.1 Å². The van der Waals surface area contributed by atoms with Gasteiger partial charge >= 0.3 is 0 Å². The summed E-state index contributed by atoms with van der Waals surface area (Å²) in [4.78, 5) is 55.0. The van der Waals surface area contributed by atoms with Gasteiger partial charge in [0.05, 0.1) is 24.3 Å². The van der Waals surface area contributed by atoms with E-state index in [4.69, 9.17) is 0 Å². The number of allylic oxidation sites excluding steroid dienone is 2. The molecule has 1 heterocycles. The minimum atomic E-state index is -0.693. The van der Waals surface area contributed by atoms with Crippen LogP contribution in [0.2, 0.25) is 0 Å². The Morgan fingerprint density at radius 3 is 2.18 bits per heavy atom. The summed E-state index contributed by atoms with van der Waals surface area (Å²) in [7, 11) is 0. The molecule has 3 aromatic carbocycles. The van der Waals surface area contributed by atoms with Crippen LogP contribution in [0.1, 0.15) is 45.9 Å². The Morgan fingerprint density at radius 2 is 1.47 bits per heavy atom. The molecule has 3 aromatic rings. The Bertz CT molecular complexity index is 1560. The first kappa shape index (κ1) is 22.8. The van der Waals surface area contributed by atoms with Crippen molar-refractivity contribution in [2.45, 2.75) is 25.8 Å². The number of hydrogen-bond acceptors (Lipinski definition) is 4. The molecule has 5 unspecified atom stereocenters. The van der Waals surface area contributed by atoms with Crippen LogP contribution >= 0.6 is 0 Å². The summed E-state index contributed by atoms with van der Waals surface area (Å²) in [5.74, 6) is -1.16. The molecule has 1 aliphatic heterocycles. The molecule has 0 spiro atoms. The molecular weight excluding hydrogens is 476 g/mol. The van der Waals surface area contributed by atoms with Crippen LogP contribution in [0.15, 0.2) is 78.9 Å². The summed E-state index contributed by atoms with van der Waals surface area (Å²) >= 11 is 0. The fourth-order valence-corrected chi connectivity index (χ4v) is 7.03. The van der Waals surface area contributed by atoms with Gasteiger partial charge in [0, 0.05) is 16.8 Å². The summed E-state index contributed by atoms with van der Waals surface area (Å²) in [6.07, 6.45) is 4.94. The Balaban J connectivity index is 1.17. The lowest BCUT2D eigenvalue weighted by atomic mass is 9.85. The van der Waals surface area contributed by atoms with E-state index in [1.54, 1.807) is 12.1 Å². The minimum absolute atomic E-state index is 0.0597. The van der Waals surface area contributed by atoms with Crippen molar-refractivity contribution in [2.24, 2.45) is 23.7 Å². The summed E-state index contributed by atoms with van der Waals surface area (Å²) < 4.78 is 0. The molecule has 2 bridgehead atoms. The standard InChI is InChI=1S/C32H26N2O4/c1-17-6-2-3-7-21(17)26(34-31(37)28-18-10-11-19(14-18)29(28)32(34)38)16-27(35)33-20-12-13-23-22-8-4-5-9-24(22)30(36)25(23)15-20/h2-13,15,18-19,26,28-29H,14,16H2,1H3,(H,33,35). The number of imide groups is 1. The number of amides is 3. The monoisotopic (exact) mass is 502 g/mol. The predicted molar refractivity (Wildman–Crippen MR) is 142 cm³/mol. The Hall–Kier alpha value is -4.32. The van der Waals surface area contributed by atoms with Gasteiger partial charge in [-0.25, -0.2) is 0 Å². The number of benzene rings is 3. The van der Waals surface area contributed by atoms with E-state index >= 15 is 0 Å². The lowest BCUT2D eigenvalue weighted by Crippen LogP contribution is -2.38. The first-order valence-electron chi connectivity index (χ1n) is 13.1. The van der Waals surface area contributed by atoms with Crippen LogP contribution in [-0.2, 0) is 14.4 Å². The maximum absolute atomic E-state index is 13.6. The summed E-state index contributed by atoms with van der Waals surface area (Å²) in [5.41, 5.74) is 5.19. The third-order valence-electron chi connectivity index (χ3n) is 8.75. The second-order valence-corrected chi connectivity index (χ2v) is 10.8. The van der Waals surface area contributed by atoms with Gasteiger partial charge in [-0.2, -0.15) is 0 Å². The second-order valence-electron chi connectivity index (χ2n) is 10.8. The highest BCUT2D eigenvalue weighted by atomic mass is 16.2. The number of nitrogens with zero attached hydrogens (tertiary/aromatic N) is 1. The molecule has 1 saturated heterocycles. The molecule has 0 aromatic heterocycles. The quantitative estimate of drug-likeness (QED) is 0.305. The molecule has 1 N–H and O–H groups in total. The molecule has 4 aliphatic rings. The van der Waals surface area contributed by atoms with Gasteiger partial charge < -0.3 is 5.32 Å². The highest BCUT2D eigenvalue weighted by Crippen LogP contribution is 2.54.